The minimum Gasteiger partial charge on any atom is -0.341 e. The molecule has 0 spiro atoms. The molecule has 1 atom stereocenters. The Bertz CT molecular complexity index is 659. The molecule has 4 heteroatoms. The molecule has 1 aromatic heterocycles. The Morgan fingerprint density at radius 3 is 2.76 bits per heavy atom. The molecular formula is C21H27N3O. The molecule has 0 aliphatic carbocycles. The van der Waals surface area contributed by atoms with Gasteiger partial charge in [-0.2, -0.15) is 0 Å². The lowest BCUT2D eigenvalue weighted by Crippen LogP contribution is -2.48. The monoisotopic (exact) mass is 337 g/mol. The van der Waals surface area contributed by atoms with Crippen LogP contribution in [0.3, 0.4) is 0 Å². The largest absolute Gasteiger partial charge is 0.341 e. The summed E-state index contributed by atoms with van der Waals surface area (Å²) >= 11 is 0. The number of piperidine rings is 1. The van der Waals surface area contributed by atoms with Crippen molar-refractivity contribution < 1.29 is 4.79 Å². The summed E-state index contributed by atoms with van der Waals surface area (Å²) in [6, 6.07) is 16.7. The summed E-state index contributed by atoms with van der Waals surface area (Å²) in [4.78, 5) is 21.3. The number of hydrogen-bond donors (Lipinski definition) is 0. The van der Waals surface area contributed by atoms with Gasteiger partial charge in [-0.3, -0.25) is 14.7 Å². The van der Waals surface area contributed by atoms with Gasteiger partial charge in [0, 0.05) is 44.5 Å². The van der Waals surface area contributed by atoms with Crippen LogP contribution in [0.1, 0.15) is 30.5 Å². The second-order valence-electron chi connectivity index (χ2n) is 6.84. The van der Waals surface area contributed by atoms with Crippen molar-refractivity contribution in [1.82, 2.24) is 14.8 Å². The Morgan fingerprint density at radius 2 is 2.00 bits per heavy atom. The van der Waals surface area contributed by atoms with Gasteiger partial charge in [-0.05, 0) is 43.5 Å². The fourth-order valence-corrected chi connectivity index (χ4v) is 3.49. The topological polar surface area (TPSA) is 36.4 Å². The highest BCUT2D eigenvalue weighted by Crippen LogP contribution is 2.18. The van der Waals surface area contributed by atoms with Gasteiger partial charge in [-0.1, -0.05) is 36.4 Å². The Kier molecular flexibility index (Phi) is 6.18. The standard InChI is InChI=1S/C21H27N3O/c1-23(21(25)13-12-19-10-5-6-14-22-19)20-11-7-15-24(17-20)16-18-8-3-2-4-9-18/h2-6,8-10,14,20H,7,11-13,15-17H2,1H3/t20-/m0/s1. The van der Waals surface area contributed by atoms with Gasteiger partial charge < -0.3 is 4.90 Å². The number of nitrogens with zero attached hydrogens (tertiary/aromatic N) is 3. The van der Waals surface area contributed by atoms with E-state index >= 15 is 0 Å². The summed E-state index contributed by atoms with van der Waals surface area (Å²) in [6.45, 7) is 3.04. The number of amides is 1. The molecule has 0 N–H and O–H groups in total. The van der Waals surface area contributed by atoms with Gasteiger partial charge in [0.25, 0.3) is 0 Å². The molecule has 1 aliphatic heterocycles. The first-order valence-electron chi connectivity index (χ1n) is 9.14. The number of benzene rings is 1. The van der Waals surface area contributed by atoms with Crippen molar-refractivity contribution >= 4 is 5.91 Å². The zero-order chi connectivity index (χ0) is 17.5. The molecule has 25 heavy (non-hydrogen) atoms. The molecule has 132 valence electrons. The van der Waals surface area contributed by atoms with Gasteiger partial charge in [-0.25, -0.2) is 0 Å². The van der Waals surface area contributed by atoms with Crippen LogP contribution in [0, 0.1) is 0 Å². The lowest BCUT2D eigenvalue weighted by molar-refractivity contribution is -0.133. The lowest BCUT2D eigenvalue weighted by atomic mass is 10.0. The highest BCUT2D eigenvalue weighted by atomic mass is 16.2. The van der Waals surface area contributed by atoms with Crippen molar-refractivity contribution in [3.8, 4) is 0 Å². The number of aryl methyl sites for hydroxylation is 1. The Labute approximate surface area is 150 Å². The van der Waals surface area contributed by atoms with Crippen molar-refractivity contribution in [2.24, 2.45) is 0 Å². The Morgan fingerprint density at radius 1 is 1.20 bits per heavy atom. The molecule has 4 nitrogen and oxygen atoms in total. The van der Waals surface area contributed by atoms with Gasteiger partial charge in [0.15, 0.2) is 0 Å². The van der Waals surface area contributed by atoms with Crippen LogP contribution in [0.2, 0.25) is 0 Å². The molecule has 0 unspecified atom stereocenters. The average Bonchev–Trinajstić information content (AvgIpc) is 2.67. The van der Waals surface area contributed by atoms with E-state index < -0.39 is 0 Å². The van der Waals surface area contributed by atoms with Crippen molar-refractivity contribution in [3.05, 3.63) is 66.0 Å². The summed E-state index contributed by atoms with van der Waals surface area (Å²) in [5.74, 6) is 0.220. The van der Waals surface area contributed by atoms with E-state index in [1.807, 2.05) is 30.1 Å². The van der Waals surface area contributed by atoms with E-state index in [1.165, 1.54) is 5.56 Å². The van der Waals surface area contributed by atoms with Crippen LogP contribution in [0.15, 0.2) is 54.7 Å². The summed E-state index contributed by atoms with van der Waals surface area (Å²) in [5.41, 5.74) is 2.32. The number of carbonyl (C=O) groups excluding carboxylic acids is 1. The highest BCUT2D eigenvalue weighted by Gasteiger charge is 2.25. The zero-order valence-electron chi connectivity index (χ0n) is 15.0. The van der Waals surface area contributed by atoms with E-state index in [0.29, 0.717) is 18.9 Å². The highest BCUT2D eigenvalue weighted by molar-refractivity contribution is 5.76. The van der Waals surface area contributed by atoms with E-state index in [-0.39, 0.29) is 5.91 Å². The maximum atomic E-state index is 12.6. The molecule has 3 rings (SSSR count). The quantitative estimate of drug-likeness (QED) is 0.812. The van der Waals surface area contributed by atoms with E-state index in [1.54, 1.807) is 6.20 Å². The third-order valence-electron chi connectivity index (χ3n) is 4.99. The molecule has 0 bridgehead atoms. The van der Waals surface area contributed by atoms with Crippen LogP contribution in [0.5, 0.6) is 0 Å². The average molecular weight is 337 g/mol. The molecular weight excluding hydrogens is 310 g/mol. The molecule has 1 aliphatic rings. The van der Waals surface area contributed by atoms with Crippen LogP contribution in [-0.4, -0.2) is 46.9 Å². The van der Waals surface area contributed by atoms with Crippen LogP contribution < -0.4 is 0 Å². The summed E-state index contributed by atoms with van der Waals surface area (Å²) in [5, 5.41) is 0. The van der Waals surface area contributed by atoms with E-state index in [2.05, 4.69) is 40.2 Å². The van der Waals surface area contributed by atoms with Crippen molar-refractivity contribution in [2.75, 3.05) is 20.1 Å². The van der Waals surface area contributed by atoms with Gasteiger partial charge in [0.05, 0.1) is 0 Å². The van der Waals surface area contributed by atoms with E-state index in [0.717, 1.165) is 38.2 Å². The minimum absolute atomic E-state index is 0.220. The summed E-state index contributed by atoms with van der Waals surface area (Å²) in [6.07, 6.45) is 5.27. The van der Waals surface area contributed by atoms with Gasteiger partial charge in [-0.15, -0.1) is 0 Å². The molecule has 0 radical (unpaired) electrons. The number of likely N-dealkylation sites (tertiary alicyclic amines) is 1. The lowest BCUT2D eigenvalue weighted by Gasteiger charge is -2.37. The second-order valence-corrected chi connectivity index (χ2v) is 6.84. The molecule has 0 saturated carbocycles. The number of pyridine rings is 1. The van der Waals surface area contributed by atoms with Crippen molar-refractivity contribution in [3.63, 3.8) is 0 Å². The predicted octanol–water partition coefficient (Wildman–Crippen LogP) is 3.14. The van der Waals surface area contributed by atoms with Crippen LogP contribution in [0.25, 0.3) is 0 Å². The van der Waals surface area contributed by atoms with E-state index in [4.69, 9.17) is 0 Å². The molecule has 1 fully saturated rings. The minimum atomic E-state index is 0.220. The molecule has 1 amide bonds. The fourth-order valence-electron chi connectivity index (χ4n) is 3.49. The van der Waals surface area contributed by atoms with Crippen LogP contribution in [0.4, 0.5) is 0 Å². The maximum Gasteiger partial charge on any atom is 0.222 e. The second kappa shape index (κ2) is 8.77. The van der Waals surface area contributed by atoms with Gasteiger partial charge in [0.2, 0.25) is 5.91 Å². The number of carbonyl (C=O) groups is 1. The van der Waals surface area contributed by atoms with Crippen LogP contribution in [-0.2, 0) is 17.8 Å². The molecule has 2 heterocycles. The first kappa shape index (κ1) is 17.6. The van der Waals surface area contributed by atoms with Crippen molar-refractivity contribution in [1.29, 1.82) is 0 Å². The smallest absolute Gasteiger partial charge is 0.222 e. The maximum absolute atomic E-state index is 12.6. The summed E-state index contributed by atoms with van der Waals surface area (Å²) in [7, 11) is 1.96. The SMILES string of the molecule is CN(C(=O)CCc1ccccn1)[C@H]1CCCN(Cc2ccccc2)C1. The molecule has 1 saturated heterocycles. The number of likely N-dealkylation sites (N-methyl/N-ethyl adjacent to an activating group) is 1. The first-order valence-corrected chi connectivity index (χ1v) is 9.14. The van der Waals surface area contributed by atoms with E-state index in [9.17, 15) is 4.79 Å². The normalized spacial score (nSPS) is 18.0. The van der Waals surface area contributed by atoms with Gasteiger partial charge in [0.1, 0.15) is 0 Å². The summed E-state index contributed by atoms with van der Waals surface area (Å²) < 4.78 is 0. The van der Waals surface area contributed by atoms with Crippen LogP contribution >= 0.6 is 0 Å². The van der Waals surface area contributed by atoms with Gasteiger partial charge >= 0.3 is 0 Å². The zero-order valence-corrected chi connectivity index (χ0v) is 15.0. The number of aromatic nitrogens is 1. The van der Waals surface area contributed by atoms with Crippen molar-refractivity contribution in [2.45, 2.75) is 38.3 Å². The Balaban J connectivity index is 1.50. The fraction of sp³-hybridized carbons (Fsp3) is 0.429. The molecule has 2 aromatic rings. The third-order valence-corrected chi connectivity index (χ3v) is 4.99. The predicted molar refractivity (Wildman–Crippen MR) is 100 cm³/mol. The number of hydrogen-bond acceptors (Lipinski definition) is 3. The molecule has 1 aromatic carbocycles. The first-order chi connectivity index (χ1) is 12.2. The number of rotatable bonds is 6. The Hall–Kier alpha value is -2.20. The third kappa shape index (κ3) is 5.13.